The van der Waals surface area contributed by atoms with Gasteiger partial charge in [0.05, 0.1) is 0 Å². The molecule has 3 nitrogen and oxygen atoms in total. The van der Waals surface area contributed by atoms with E-state index in [0.717, 1.165) is 0 Å². The molecule has 0 aliphatic rings. The molecule has 3 heteroatoms. The second-order valence-corrected chi connectivity index (χ2v) is 2.57. The van der Waals surface area contributed by atoms with Crippen molar-refractivity contribution in [2.75, 3.05) is 13.2 Å². The summed E-state index contributed by atoms with van der Waals surface area (Å²) in [6.07, 6.45) is 1.21. The van der Waals surface area contributed by atoms with Gasteiger partial charge in [-0.05, 0) is 6.92 Å². The van der Waals surface area contributed by atoms with Crippen LogP contribution in [0.3, 0.4) is 0 Å². The molecular formula is C9H16O3. The first-order valence-corrected chi connectivity index (χ1v) is 4.31. The zero-order valence-electron chi connectivity index (χ0n) is 7.76. The molecule has 0 saturated heterocycles. The van der Waals surface area contributed by atoms with Crippen LogP contribution in [0.2, 0.25) is 0 Å². The Bertz CT molecular complexity index is 152. The molecule has 0 aliphatic carbocycles. The highest BCUT2D eigenvalue weighted by molar-refractivity contribution is 5.86. The highest BCUT2D eigenvalue weighted by Gasteiger charge is 2.04. The highest BCUT2D eigenvalue weighted by atomic mass is 16.5. The minimum Gasteiger partial charge on any atom is -0.374 e. The maximum absolute atomic E-state index is 10.9. The van der Waals surface area contributed by atoms with Gasteiger partial charge >= 0.3 is 0 Å². The molecule has 0 spiro atoms. The molecule has 70 valence electrons. The number of carbonyl (C=O) groups excluding carboxylic acids is 2. The number of ketones is 2. The monoisotopic (exact) mass is 172 g/mol. The summed E-state index contributed by atoms with van der Waals surface area (Å²) in [7, 11) is 0. The van der Waals surface area contributed by atoms with E-state index in [0.29, 0.717) is 25.9 Å². The van der Waals surface area contributed by atoms with Crippen LogP contribution < -0.4 is 0 Å². The van der Waals surface area contributed by atoms with Crippen LogP contribution in [0.25, 0.3) is 0 Å². The van der Waals surface area contributed by atoms with Crippen molar-refractivity contribution in [3.63, 3.8) is 0 Å². The molecule has 0 N–H and O–H groups in total. The fraction of sp³-hybridized carbons (Fsp3) is 0.778. The molecular weight excluding hydrogens is 156 g/mol. The van der Waals surface area contributed by atoms with E-state index < -0.39 is 0 Å². The van der Waals surface area contributed by atoms with Gasteiger partial charge in [0.25, 0.3) is 0 Å². The summed E-state index contributed by atoms with van der Waals surface area (Å²) < 4.78 is 4.90. The predicted octanol–water partition coefficient (Wildman–Crippen LogP) is 1.35. The summed E-state index contributed by atoms with van der Waals surface area (Å²) in [5.41, 5.74) is 0. The van der Waals surface area contributed by atoms with Crippen LogP contribution in [-0.4, -0.2) is 24.8 Å². The fourth-order valence-corrected chi connectivity index (χ4v) is 0.744. The van der Waals surface area contributed by atoms with E-state index in [4.69, 9.17) is 4.74 Å². The van der Waals surface area contributed by atoms with Crippen LogP contribution in [-0.2, 0) is 14.3 Å². The van der Waals surface area contributed by atoms with Crippen LogP contribution in [0.15, 0.2) is 0 Å². The van der Waals surface area contributed by atoms with Gasteiger partial charge < -0.3 is 4.74 Å². The van der Waals surface area contributed by atoms with E-state index >= 15 is 0 Å². The first-order valence-electron chi connectivity index (χ1n) is 4.31. The Kier molecular flexibility index (Phi) is 6.57. The minimum atomic E-state index is 0.0126. The SMILES string of the molecule is CCOCC(=O)CCC(=O)CC. The Hall–Kier alpha value is -0.700. The van der Waals surface area contributed by atoms with Gasteiger partial charge in [0.2, 0.25) is 0 Å². The van der Waals surface area contributed by atoms with Crippen molar-refractivity contribution < 1.29 is 14.3 Å². The van der Waals surface area contributed by atoms with E-state index in [9.17, 15) is 9.59 Å². The van der Waals surface area contributed by atoms with Crippen molar-refractivity contribution in [2.45, 2.75) is 33.1 Å². The molecule has 0 unspecified atom stereocenters. The molecule has 0 saturated carbocycles. The van der Waals surface area contributed by atoms with Crippen molar-refractivity contribution in [1.82, 2.24) is 0 Å². The summed E-state index contributed by atoms with van der Waals surface area (Å²) in [6.45, 7) is 4.33. The quantitative estimate of drug-likeness (QED) is 0.582. The third-order valence-corrected chi connectivity index (χ3v) is 1.54. The average molecular weight is 172 g/mol. The van der Waals surface area contributed by atoms with Crippen molar-refractivity contribution in [3.05, 3.63) is 0 Å². The number of rotatable bonds is 7. The Morgan fingerprint density at radius 3 is 2.17 bits per heavy atom. The Morgan fingerprint density at radius 1 is 1.08 bits per heavy atom. The molecule has 0 amide bonds. The number of Topliss-reactive ketones (excluding diaryl/α,β-unsaturated/α-hetero) is 2. The van der Waals surface area contributed by atoms with Gasteiger partial charge in [-0.1, -0.05) is 6.92 Å². The largest absolute Gasteiger partial charge is 0.374 e. The Balaban J connectivity index is 3.37. The molecule has 0 fully saturated rings. The summed E-state index contributed by atoms with van der Waals surface area (Å²) in [5.74, 6) is 0.151. The number of hydrogen-bond acceptors (Lipinski definition) is 3. The van der Waals surface area contributed by atoms with Crippen molar-refractivity contribution in [3.8, 4) is 0 Å². The number of hydrogen-bond donors (Lipinski definition) is 0. The first kappa shape index (κ1) is 11.3. The second-order valence-electron chi connectivity index (χ2n) is 2.57. The average Bonchev–Trinajstić information content (AvgIpc) is 2.10. The van der Waals surface area contributed by atoms with E-state index in [1.165, 1.54) is 0 Å². The lowest BCUT2D eigenvalue weighted by molar-refractivity contribution is -0.126. The van der Waals surface area contributed by atoms with Gasteiger partial charge in [0.15, 0.2) is 5.78 Å². The molecule has 12 heavy (non-hydrogen) atoms. The highest BCUT2D eigenvalue weighted by Crippen LogP contribution is 1.96. The van der Waals surface area contributed by atoms with E-state index in [-0.39, 0.29) is 18.2 Å². The second kappa shape index (κ2) is 6.98. The number of ether oxygens (including phenoxy) is 1. The van der Waals surface area contributed by atoms with Gasteiger partial charge in [0.1, 0.15) is 12.4 Å². The van der Waals surface area contributed by atoms with Crippen molar-refractivity contribution in [2.24, 2.45) is 0 Å². The van der Waals surface area contributed by atoms with Gasteiger partial charge in [-0.15, -0.1) is 0 Å². The zero-order chi connectivity index (χ0) is 9.40. The first-order chi connectivity index (χ1) is 5.70. The lowest BCUT2D eigenvalue weighted by Crippen LogP contribution is -2.10. The van der Waals surface area contributed by atoms with Gasteiger partial charge in [-0.25, -0.2) is 0 Å². The lowest BCUT2D eigenvalue weighted by Gasteiger charge is -1.99. The van der Waals surface area contributed by atoms with Crippen molar-refractivity contribution in [1.29, 1.82) is 0 Å². The molecule has 0 rings (SSSR count). The van der Waals surface area contributed by atoms with Crippen LogP contribution in [0.1, 0.15) is 33.1 Å². The molecule has 0 radical (unpaired) electrons. The molecule has 0 aromatic rings. The summed E-state index contributed by atoms with van der Waals surface area (Å²) in [4.78, 5) is 21.7. The van der Waals surface area contributed by atoms with Gasteiger partial charge in [-0.3, -0.25) is 9.59 Å². The third kappa shape index (κ3) is 6.04. The number of carbonyl (C=O) groups is 2. The maximum atomic E-state index is 10.9. The Labute approximate surface area is 73.1 Å². The lowest BCUT2D eigenvalue weighted by atomic mass is 10.1. The standard InChI is InChI=1S/C9H16O3/c1-3-8(10)5-6-9(11)7-12-4-2/h3-7H2,1-2H3. The van der Waals surface area contributed by atoms with E-state index in [1.54, 1.807) is 6.92 Å². The molecule has 0 heterocycles. The van der Waals surface area contributed by atoms with Crippen LogP contribution in [0.5, 0.6) is 0 Å². The van der Waals surface area contributed by atoms with Gasteiger partial charge in [0, 0.05) is 25.9 Å². The third-order valence-electron chi connectivity index (χ3n) is 1.54. The molecule has 0 aliphatic heterocycles. The topological polar surface area (TPSA) is 43.4 Å². The summed E-state index contributed by atoms with van der Waals surface area (Å²) in [6, 6.07) is 0. The van der Waals surface area contributed by atoms with Crippen LogP contribution in [0.4, 0.5) is 0 Å². The minimum absolute atomic E-state index is 0.0126. The van der Waals surface area contributed by atoms with E-state index in [2.05, 4.69) is 0 Å². The van der Waals surface area contributed by atoms with Crippen LogP contribution in [0, 0.1) is 0 Å². The van der Waals surface area contributed by atoms with E-state index in [1.807, 2.05) is 6.92 Å². The molecule has 0 bridgehead atoms. The fourth-order valence-electron chi connectivity index (χ4n) is 0.744. The van der Waals surface area contributed by atoms with Crippen molar-refractivity contribution >= 4 is 11.6 Å². The van der Waals surface area contributed by atoms with Gasteiger partial charge in [-0.2, -0.15) is 0 Å². The molecule has 0 atom stereocenters. The molecule has 0 aromatic carbocycles. The zero-order valence-corrected chi connectivity index (χ0v) is 7.76. The summed E-state index contributed by atoms with van der Waals surface area (Å²) >= 11 is 0. The van der Waals surface area contributed by atoms with Crippen LogP contribution >= 0.6 is 0 Å². The predicted molar refractivity (Wildman–Crippen MR) is 46.0 cm³/mol. The maximum Gasteiger partial charge on any atom is 0.158 e. The normalized spacial score (nSPS) is 9.83. The smallest absolute Gasteiger partial charge is 0.158 e. The Morgan fingerprint density at radius 2 is 1.67 bits per heavy atom. The summed E-state index contributed by atoms with van der Waals surface area (Å²) in [5, 5.41) is 0. The molecule has 0 aromatic heterocycles.